The van der Waals surface area contributed by atoms with E-state index in [1.54, 1.807) is 12.2 Å². The van der Waals surface area contributed by atoms with Crippen LogP contribution in [-0.2, 0) is 14.3 Å². The number of carbonyl (C=O) groups is 1. The van der Waals surface area contributed by atoms with E-state index in [1.807, 2.05) is 6.08 Å². The Morgan fingerprint density at radius 1 is 1.62 bits per heavy atom. The third-order valence-electron chi connectivity index (χ3n) is 3.28. The third-order valence-corrected chi connectivity index (χ3v) is 3.28. The average molecular weight is 220 g/mol. The summed E-state index contributed by atoms with van der Waals surface area (Å²) in [6.45, 7) is 8.79. The first kappa shape index (κ1) is 11.1. The minimum absolute atomic E-state index is 0.0923. The number of allylic oxidation sites excluding steroid dienone is 2. The highest BCUT2D eigenvalue weighted by molar-refractivity contribution is 5.83. The molecule has 2 aliphatic rings. The van der Waals surface area contributed by atoms with Crippen LogP contribution >= 0.6 is 0 Å². The van der Waals surface area contributed by atoms with Crippen molar-refractivity contribution in [2.45, 2.75) is 6.42 Å². The van der Waals surface area contributed by atoms with E-state index in [0.717, 1.165) is 12.0 Å². The molecule has 1 saturated carbocycles. The molecule has 86 valence electrons. The van der Waals surface area contributed by atoms with Gasteiger partial charge in [-0.05, 0) is 12.0 Å². The number of hydrogen-bond acceptors (Lipinski definition) is 3. The molecule has 2 atom stereocenters. The van der Waals surface area contributed by atoms with Crippen molar-refractivity contribution in [3.05, 3.63) is 37.0 Å². The van der Waals surface area contributed by atoms with E-state index in [4.69, 9.17) is 9.47 Å². The molecule has 1 aliphatic heterocycles. The molecule has 16 heavy (non-hydrogen) atoms. The van der Waals surface area contributed by atoms with E-state index >= 15 is 0 Å². The minimum atomic E-state index is -0.319. The summed E-state index contributed by atoms with van der Waals surface area (Å²) < 4.78 is 10.5. The molecule has 1 aliphatic carbocycles. The number of ether oxygens (including phenoxy) is 2. The van der Waals surface area contributed by atoms with Crippen molar-refractivity contribution in [2.75, 3.05) is 19.8 Å². The smallest absolute Gasteiger partial charge is 0.314 e. The molecule has 0 aromatic carbocycles. The van der Waals surface area contributed by atoms with Crippen LogP contribution in [-0.4, -0.2) is 25.8 Å². The fourth-order valence-electron chi connectivity index (χ4n) is 2.08. The van der Waals surface area contributed by atoms with Gasteiger partial charge < -0.3 is 9.47 Å². The highest BCUT2D eigenvalue weighted by atomic mass is 16.5. The summed E-state index contributed by atoms with van der Waals surface area (Å²) >= 11 is 0. The molecule has 2 rings (SSSR count). The van der Waals surface area contributed by atoms with Crippen LogP contribution in [0.2, 0.25) is 0 Å². The van der Waals surface area contributed by atoms with Crippen LogP contribution < -0.4 is 0 Å². The Morgan fingerprint density at radius 2 is 2.44 bits per heavy atom. The van der Waals surface area contributed by atoms with E-state index < -0.39 is 0 Å². The molecule has 2 fully saturated rings. The van der Waals surface area contributed by atoms with Crippen LogP contribution in [0.5, 0.6) is 0 Å². The molecule has 0 N–H and O–H groups in total. The summed E-state index contributed by atoms with van der Waals surface area (Å²) in [7, 11) is 0. The lowest BCUT2D eigenvalue weighted by Crippen LogP contribution is -2.21. The van der Waals surface area contributed by atoms with Gasteiger partial charge >= 0.3 is 5.97 Å². The van der Waals surface area contributed by atoms with Gasteiger partial charge in [0.1, 0.15) is 0 Å². The predicted octanol–water partition coefficient (Wildman–Crippen LogP) is 1.86. The van der Waals surface area contributed by atoms with Gasteiger partial charge in [0, 0.05) is 5.92 Å². The number of cyclic esters (lactones) is 1. The topological polar surface area (TPSA) is 35.5 Å². The fraction of sp³-hybridized carbons (Fsp3) is 0.462. The molecule has 0 bridgehead atoms. The second kappa shape index (κ2) is 4.26. The van der Waals surface area contributed by atoms with Crippen molar-refractivity contribution < 1.29 is 14.3 Å². The largest absolute Gasteiger partial charge is 0.465 e. The van der Waals surface area contributed by atoms with Crippen LogP contribution in [0.25, 0.3) is 0 Å². The first-order valence-corrected chi connectivity index (χ1v) is 5.42. The lowest BCUT2D eigenvalue weighted by Gasteiger charge is -2.10. The molecular weight excluding hydrogens is 204 g/mol. The molecule has 1 saturated heterocycles. The number of hydrogen-bond donors (Lipinski definition) is 0. The van der Waals surface area contributed by atoms with Crippen molar-refractivity contribution in [1.29, 1.82) is 0 Å². The average Bonchev–Trinajstić information content (AvgIpc) is 2.92. The molecule has 1 heterocycles. The summed E-state index contributed by atoms with van der Waals surface area (Å²) in [6.07, 6.45) is 6.20. The van der Waals surface area contributed by atoms with Crippen LogP contribution in [0.3, 0.4) is 0 Å². The van der Waals surface area contributed by atoms with Crippen molar-refractivity contribution in [1.82, 2.24) is 0 Å². The minimum Gasteiger partial charge on any atom is -0.465 e. The summed E-state index contributed by atoms with van der Waals surface area (Å²) in [5.74, 6) is 0.293. The van der Waals surface area contributed by atoms with Gasteiger partial charge in [-0.1, -0.05) is 31.4 Å². The number of fused-ring (bicyclic) bond motifs is 1. The second-order valence-corrected chi connectivity index (χ2v) is 4.33. The standard InChI is InChI=1S/C13H16O3/c1-3-5-10(4-2)7-15-9-13-6-11(13)8-16-12(13)14/h3-5,11H,1-2,6-9H2/b10-5+. The first-order valence-electron chi connectivity index (χ1n) is 5.42. The lowest BCUT2D eigenvalue weighted by atomic mass is 10.1. The number of esters is 1. The van der Waals surface area contributed by atoms with E-state index in [2.05, 4.69) is 13.2 Å². The van der Waals surface area contributed by atoms with Crippen molar-refractivity contribution in [3.8, 4) is 0 Å². The van der Waals surface area contributed by atoms with Gasteiger partial charge in [0.25, 0.3) is 0 Å². The van der Waals surface area contributed by atoms with Gasteiger partial charge in [0.2, 0.25) is 0 Å². The Balaban J connectivity index is 1.81. The summed E-state index contributed by atoms with van der Waals surface area (Å²) in [5.41, 5.74) is 0.649. The molecule has 2 unspecified atom stereocenters. The molecule has 0 spiro atoms. The molecule has 0 radical (unpaired) electrons. The third kappa shape index (κ3) is 1.83. The molecule has 0 aromatic heterocycles. The fourth-order valence-corrected chi connectivity index (χ4v) is 2.08. The zero-order chi connectivity index (χ0) is 11.6. The van der Waals surface area contributed by atoms with Crippen molar-refractivity contribution in [2.24, 2.45) is 11.3 Å². The quantitative estimate of drug-likeness (QED) is 0.506. The number of rotatable bonds is 6. The Kier molecular flexibility index (Phi) is 2.97. The SMILES string of the molecule is C=C/C=C(\C=C)COCC12CC1COC2=O. The maximum Gasteiger partial charge on any atom is 0.314 e. The van der Waals surface area contributed by atoms with E-state index in [1.165, 1.54) is 0 Å². The zero-order valence-electron chi connectivity index (χ0n) is 9.28. The highest BCUT2D eigenvalue weighted by Gasteiger charge is 2.66. The second-order valence-electron chi connectivity index (χ2n) is 4.33. The molecular formula is C13H16O3. The Hall–Kier alpha value is -1.35. The summed E-state index contributed by atoms with van der Waals surface area (Å²) in [4.78, 5) is 11.5. The Bertz CT molecular complexity index is 356. The van der Waals surface area contributed by atoms with Crippen molar-refractivity contribution in [3.63, 3.8) is 0 Å². The highest BCUT2D eigenvalue weighted by Crippen LogP contribution is 2.57. The summed E-state index contributed by atoms with van der Waals surface area (Å²) in [5, 5.41) is 0. The van der Waals surface area contributed by atoms with Crippen LogP contribution in [0.4, 0.5) is 0 Å². The van der Waals surface area contributed by atoms with Gasteiger partial charge in [-0.3, -0.25) is 4.79 Å². The zero-order valence-corrected chi connectivity index (χ0v) is 9.28. The Labute approximate surface area is 95.4 Å². The van der Waals surface area contributed by atoms with Gasteiger partial charge in [-0.15, -0.1) is 0 Å². The maximum absolute atomic E-state index is 11.5. The monoisotopic (exact) mass is 220 g/mol. The van der Waals surface area contributed by atoms with E-state index in [-0.39, 0.29) is 11.4 Å². The molecule has 0 amide bonds. The molecule has 3 heteroatoms. The van der Waals surface area contributed by atoms with Crippen LogP contribution in [0, 0.1) is 11.3 Å². The molecule has 3 nitrogen and oxygen atoms in total. The predicted molar refractivity (Wildman–Crippen MR) is 60.8 cm³/mol. The Morgan fingerprint density at radius 3 is 2.94 bits per heavy atom. The summed E-state index contributed by atoms with van der Waals surface area (Å²) in [6, 6.07) is 0. The van der Waals surface area contributed by atoms with Crippen LogP contribution in [0.15, 0.2) is 37.0 Å². The molecule has 0 aromatic rings. The van der Waals surface area contributed by atoms with Gasteiger partial charge in [-0.2, -0.15) is 0 Å². The van der Waals surface area contributed by atoms with Gasteiger partial charge in [0.05, 0.1) is 25.2 Å². The van der Waals surface area contributed by atoms with Crippen LogP contribution in [0.1, 0.15) is 6.42 Å². The first-order chi connectivity index (χ1) is 7.73. The lowest BCUT2D eigenvalue weighted by molar-refractivity contribution is -0.146. The van der Waals surface area contributed by atoms with Gasteiger partial charge in [-0.25, -0.2) is 0 Å². The van der Waals surface area contributed by atoms with E-state index in [0.29, 0.717) is 25.7 Å². The number of carbonyl (C=O) groups excluding carboxylic acids is 1. The van der Waals surface area contributed by atoms with Gasteiger partial charge in [0.15, 0.2) is 0 Å². The van der Waals surface area contributed by atoms with E-state index in [9.17, 15) is 4.79 Å². The maximum atomic E-state index is 11.5. The normalized spacial score (nSPS) is 31.9. The van der Waals surface area contributed by atoms with Crippen molar-refractivity contribution >= 4 is 5.97 Å².